The third-order valence-electron chi connectivity index (χ3n) is 4.71. The van der Waals surface area contributed by atoms with Gasteiger partial charge in [0.15, 0.2) is 0 Å². The van der Waals surface area contributed by atoms with Crippen LogP contribution in [0.5, 0.6) is 0 Å². The summed E-state index contributed by atoms with van der Waals surface area (Å²) in [5.41, 5.74) is 0. The predicted molar refractivity (Wildman–Crippen MR) is 85.7 cm³/mol. The Morgan fingerprint density at radius 3 is 2.25 bits per heavy atom. The van der Waals surface area contributed by atoms with E-state index in [1.165, 1.54) is 32.1 Å². The summed E-state index contributed by atoms with van der Waals surface area (Å²) in [7, 11) is 0. The van der Waals surface area contributed by atoms with E-state index in [4.69, 9.17) is 0 Å². The molecule has 1 rings (SSSR count). The highest BCUT2D eigenvalue weighted by atomic mass is 16.2. The van der Waals surface area contributed by atoms with Crippen molar-refractivity contribution >= 4 is 5.91 Å². The summed E-state index contributed by atoms with van der Waals surface area (Å²) in [5.74, 6) is 1.75. The Morgan fingerprint density at radius 2 is 1.75 bits per heavy atom. The molecule has 3 nitrogen and oxygen atoms in total. The SMILES string of the molecule is CCN(CC)C(=O)CCNC(C(C)C)C1CCCCC1. The van der Waals surface area contributed by atoms with Crippen LogP contribution in [-0.2, 0) is 4.79 Å². The van der Waals surface area contributed by atoms with Crippen LogP contribution in [0.1, 0.15) is 66.2 Å². The maximum absolute atomic E-state index is 12.0. The first-order valence-corrected chi connectivity index (χ1v) is 8.61. The van der Waals surface area contributed by atoms with Crippen molar-refractivity contribution in [2.75, 3.05) is 19.6 Å². The molecule has 20 heavy (non-hydrogen) atoms. The zero-order valence-corrected chi connectivity index (χ0v) is 14.0. The van der Waals surface area contributed by atoms with E-state index in [1.54, 1.807) is 0 Å². The molecular weight excluding hydrogens is 248 g/mol. The molecule has 0 bridgehead atoms. The fourth-order valence-corrected chi connectivity index (χ4v) is 3.52. The molecule has 1 aliphatic carbocycles. The molecule has 1 saturated carbocycles. The van der Waals surface area contributed by atoms with Crippen molar-refractivity contribution in [3.8, 4) is 0 Å². The Kier molecular flexibility index (Phi) is 8.20. The lowest BCUT2D eigenvalue weighted by atomic mass is 9.79. The molecule has 0 aromatic carbocycles. The number of hydrogen-bond acceptors (Lipinski definition) is 2. The lowest BCUT2D eigenvalue weighted by molar-refractivity contribution is -0.130. The molecule has 0 saturated heterocycles. The minimum absolute atomic E-state index is 0.286. The third-order valence-corrected chi connectivity index (χ3v) is 4.71. The van der Waals surface area contributed by atoms with Crippen molar-refractivity contribution in [3.05, 3.63) is 0 Å². The smallest absolute Gasteiger partial charge is 0.223 e. The predicted octanol–water partition coefficient (Wildman–Crippen LogP) is 3.44. The van der Waals surface area contributed by atoms with Gasteiger partial charge in [-0.15, -0.1) is 0 Å². The number of rotatable bonds is 8. The molecule has 3 heteroatoms. The molecule has 0 aliphatic heterocycles. The van der Waals surface area contributed by atoms with Gasteiger partial charge in [-0.05, 0) is 38.5 Å². The summed E-state index contributed by atoms with van der Waals surface area (Å²) in [4.78, 5) is 13.9. The van der Waals surface area contributed by atoms with E-state index in [0.29, 0.717) is 18.4 Å². The highest BCUT2D eigenvalue weighted by Crippen LogP contribution is 2.29. The van der Waals surface area contributed by atoms with E-state index >= 15 is 0 Å². The van der Waals surface area contributed by atoms with Crippen molar-refractivity contribution in [3.63, 3.8) is 0 Å². The van der Waals surface area contributed by atoms with Crippen LogP contribution in [0, 0.1) is 11.8 Å². The normalized spacial score (nSPS) is 18.2. The topological polar surface area (TPSA) is 32.3 Å². The molecule has 0 radical (unpaired) electrons. The van der Waals surface area contributed by atoms with Gasteiger partial charge in [0.25, 0.3) is 0 Å². The van der Waals surface area contributed by atoms with Crippen LogP contribution in [0.4, 0.5) is 0 Å². The monoisotopic (exact) mass is 282 g/mol. The van der Waals surface area contributed by atoms with Gasteiger partial charge in [-0.2, -0.15) is 0 Å². The maximum Gasteiger partial charge on any atom is 0.223 e. The molecule has 0 heterocycles. The number of carbonyl (C=O) groups is 1. The van der Waals surface area contributed by atoms with Crippen LogP contribution < -0.4 is 5.32 Å². The standard InChI is InChI=1S/C17H34N2O/c1-5-19(6-2)16(20)12-13-18-17(14(3)4)15-10-8-7-9-11-15/h14-15,17-18H,5-13H2,1-4H3. The highest BCUT2D eigenvalue weighted by molar-refractivity contribution is 5.76. The Balaban J connectivity index is 2.37. The minimum Gasteiger partial charge on any atom is -0.343 e. The number of hydrogen-bond donors (Lipinski definition) is 1. The molecule has 118 valence electrons. The second-order valence-corrected chi connectivity index (χ2v) is 6.44. The van der Waals surface area contributed by atoms with Gasteiger partial charge in [-0.1, -0.05) is 33.1 Å². The molecule has 0 aromatic rings. The zero-order chi connectivity index (χ0) is 15.0. The van der Waals surface area contributed by atoms with Gasteiger partial charge in [-0.25, -0.2) is 0 Å². The van der Waals surface area contributed by atoms with Crippen LogP contribution >= 0.6 is 0 Å². The second kappa shape index (κ2) is 9.38. The van der Waals surface area contributed by atoms with Gasteiger partial charge in [-0.3, -0.25) is 4.79 Å². The fourth-order valence-electron chi connectivity index (χ4n) is 3.52. The fraction of sp³-hybridized carbons (Fsp3) is 0.941. The summed E-state index contributed by atoms with van der Waals surface area (Å²) in [6.07, 6.45) is 7.53. The van der Waals surface area contributed by atoms with Crippen LogP contribution in [0.15, 0.2) is 0 Å². The highest BCUT2D eigenvalue weighted by Gasteiger charge is 2.25. The van der Waals surface area contributed by atoms with Crippen molar-refractivity contribution in [2.45, 2.75) is 72.3 Å². The number of nitrogens with zero attached hydrogens (tertiary/aromatic N) is 1. The van der Waals surface area contributed by atoms with E-state index in [-0.39, 0.29) is 5.91 Å². The first-order valence-electron chi connectivity index (χ1n) is 8.61. The van der Waals surface area contributed by atoms with Gasteiger partial charge in [0.2, 0.25) is 5.91 Å². The zero-order valence-electron chi connectivity index (χ0n) is 14.0. The average Bonchev–Trinajstić information content (AvgIpc) is 2.45. The van der Waals surface area contributed by atoms with Crippen LogP contribution in [-0.4, -0.2) is 36.5 Å². The average molecular weight is 282 g/mol. The molecular formula is C17H34N2O. The number of nitrogens with one attached hydrogen (secondary N) is 1. The molecule has 0 spiro atoms. The van der Waals surface area contributed by atoms with Gasteiger partial charge in [0.05, 0.1) is 0 Å². The summed E-state index contributed by atoms with van der Waals surface area (Å²) in [6, 6.07) is 0.583. The lowest BCUT2D eigenvalue weighted by Crippen LogP contribution is -2.43. The summed E-state index contributed by atoms with van der Waals surface area (Å²) >= 11 is 0. The van der Waals surface area contributed by atoms with Gasteiger partial charge < -0.3 is 10.2 Å². The van der Waals surface area contributed by atoms with Crippen molar-refractivity contribution in [1.82, 2.24) is 10.2 Å². The van der Waals surface area contributed by atoms with E-state index in [9.17, 15) is 4.79 Å². The lowest BCUT2D eigenvalue weighted by Gasteiger charge is -2.34. The maximum atomic E-state index is 12.0. The van der Waals surface area contributed by atoms with Crippen LogP contribution in [0.3, 0.4) is 0 Å². The van der Waals surface area contributed by atoms with Crippen LogP contribution in [0.2, 0.25) is 0 Å². The van der Waals surface area contributed by atoms with Gasteiger partial charge >= 0.3 is 0 Å². The molecule has 1 unspecified atom stereocenters. The van der Waals surface area contributed by atoms with Gasteiger partial charge in [0, 0.05) is 32.1 Å². The molecule has 1 N–H and O–H groups in total. The molecule has 1 aliphatic rings. The first kappa shape index (κ1) is 17.5. The third kappa shape index (κ3) is 5.43. The largest absolute Gasteiger partial charge is 0.343 e. The van der Waals surface area contributed by atoms with E-state index in [2.05, 4.69) is 19.2 Å². The van der Waals surface area contributed by atoms with Crippen molar-refractivity contribution < 1.29 is 4.79 Å². The quantitative estimate of drug-likeness (QED) is 0.739. The minimum atomic E-state index is 0.286. The Hall–Kier alpha value is -0.570. The summed E-state index contributed by atoms with van der Waals surface area (Å²) in [6.45, 7) is 11.2. The van der Waals surface area contributed by atoms with E-state index in [0.717, 1.165) is 25.6 Å². The Morgan fingerprint density at radius 1 is 1.15 bits per heavy atom. The second-order valence-electron chi connectivity index (χ2n) is 6.44. The number of amides is 1. The molecule has 1 amide bonds. The van der Waals surface area contributed by atoms with Crippen molar-refractivity contribution in [1.29, 1.82) is 0 Å². The Bertz CT molecular complexity index is 268. The first-order chi connectivity index (χ1) is 9.60. The molecule has 1 atom stereocenters. The van der Waals surface area contributed by atoms with Gasteiger partial charge in [0.1, 0.15) is 0 Å². The van der Waals surface area contributed by atoms with E-state index < -0.39 is 0 Å². The van der Waals surface area contributed by atoms with E-state index in [1.807, 2.05) is 18.7 Å². The number of carbonyl (C=O) groups excluding carboxylic acids is 1. The molecule has 1 fully saturated rings. The Labute approximate surface area is 125 Å². The van der Waals surface area contributed by atoms with Crippen molar-refractivity contribution in [2.24, 2.45) is 11.8 Å². The van der Waals surface area contributed by atoms with Crippen LogP contribution in [0.25, 0.3) is 0 Å². The molecule has 0 aromatic heterocycles. The summed E-state index contributed by atoms with van der Waals surface area (Å²) in [5, 5.41) is 3.68. The summed E-state index contributed by atoms with van der Waals surface area (Å²) < 4.78 is 0.